The topological polar surface area (TPSA) is 26.0 Å². The van der Waals surface area contributed by atoms with Crippen molar-refractivity contribution < 1.29 is 0 Å². The van der Waals surface area contributed by atoms with Crippen molar-refractivity contribution in [2.75, 3.05) is 4.90 Å². The highest BCUT2D eigenvalue weighted by molar-refractivity contribution is 6.19. The molecule has 0 fully saturated rings. The van der Waals surface area contributed by atoms with E-state index in [1.54, 1.807) is 0 Å². The molecule has 0 saturated heterocycles. The fourth-order valence-electron chi connectivity index (χ4n) is 8.64. The predicted molar refractivity (Wildman–Crippen MR) is 239 cm³/mol. The Kier molecular flexibility index (Phi) is 8.34. The molecule has 0 spiro atoms. The maximum absolute atomic E-state index is 4.72. The molecule has 0 bridgehead atoms. The third-order valence-electron chi connectivity index (χ3n) is 11.7. The molecule has 0 amide bonds. The number of aromatic nitrogens is 3. The van der Waals surface area contributed by atoms with Gasteiger partial charge in [0.2, 0.25) is 0 Å². The van der Waals surface area contributed by atoms with E-state index in [4.69, 9.17) is 6.58 Å². The number of allylic oxidation sites excluding steroid dienone is 4. The van der Waals surface area contributed by atoms with E-state index in [2.05, 4.69) is 215 Å². The summed E-state index contributed by atoms with van der Waals surface area (Å²) < 4.78 is 4.72. The van der Waals surface area contributed by atoms with E-state index in [0.29, 0.717) is 0 Å². The van der Waals surface area contributed by atoms with Crippen LogP contribution in [0.25, 0.3) is 55.2 Å². The van der Waals surface area contributed by atoms with Crippen LogP contribution in [0.2, 0.25) is 0 Å². The van der Waals surface area contributed by atoms with Gasteiger partial charge < -0.3 is 14.0 Å². The highest BCUT2D eigenvalue weighted by Crippen LogP contribution is 2.43. The molecule has 3 aromatic heterocycles. The summed E-state index contributed by atoms with van der Waals surface area (Å²) in [7, 11) is 0. The number of hydrogen-bond acceptors (Lipinski definition) is 2. The number of fused-ring (bicyclic) bond motifs is 6. The number of anilines is 2. The molecule has 0 radical (unpaired) electrons. The fourth-order valence-corrected chi connectivity index (χ4v) is 8.64. The van der Waals surface area contributed by atoms with E-state index in [1.165, 1.54) is 38.3 Å². The number of rotatable bonds is 6. The third-order valence-corrected chi connectivity index (χ3v) is 11.7. The number of hydrogen-bond donors (Lipinski definition) is 0. The third kappa shape index (κ3) is 5.89. The maximum Gasteiger partial charge on any atom is 0.0635 e. The predicted octanol–water partition coefficient (Wildman–Crippen LogP) is 13.5. The lowest BCUT2D eigenvalue weighted by atomic mass is 9.75. The van der Waals surface area contributed by atoms with Crippen molar-refractivity contribution in [1.82, 2.24) is 14.1 Å². The molecule has 10 rings (SSSR count). The minimum absolute atomic E-state index is 0.265. The molecule has 4 heteroatoms. The molecule has 0 N–H and O–H groups in total. The SMILES string of the molecule is C=C1/C=C(N(c2ccc(-c3ccncc3)cc2)c2ccc3c(c2)c2ccc4c(ccn4-c4ccccc4)c2n3-c2ccccc2)\C=C/Cc2ccccc2C1(C)C. The molecule has 0 unspecified atom stereocenters. The summed E-state index contributed by atoms with van der Waals surface area (Å²) >= 11 is 0. The van der Waals surface area contributed by atoms with Crippen molar-refractivity contribution in [3.8, 4) is 22.5 Å². The van der Waals surface area contributed by atoms with Gasteiger partial charge in [0.05, 0.1) is 16.6 Å². The second kappa shape index (κ2) is 13.8. The lowest BCUT2D eigenvalue weighted by Crippen LogP contribution is -2.22. The van der Waals surface area contributed by atoms with Gasteiger partial charge in [0, 0.05) is 68.6 Å². The average molecular weight is 735 g/mol. The highest BCUT2D eigenvalue weighted by atomic mass is 15.1. The van der Waals surface area contributed by atoms with Gasteiger partial charge >= 0.3 is 0 Å². The van der Waals surface area contributed by atoms with E-state index >= 15 is 0 Å². The van der Waals surface area contributed by atoms with Crippen LogP contribution in [0.15, 0.2) is 212 Å². The summed E-state index contributed by atoms with van der Waals surface area (Å²) in [4.78, 5) is 6.63. The second-order valence-electron chi connectivity index (χ2n) is 15.4. The van der Waals surface area contributed by atoms with Gasteiger partial charge in [0.1, 0.15) is 0 Å². The summed E-state index contributed by atoms with van der Waals surface area (Å²) in [6, 6.07) is 56.9. The minimum Gasteiger partial charge on any atom is -0.316 e. The van der Waals surface area contributed by atoms with Crippen LogP contribution in [0.1, 0.15) is 25.0 Å². The van der Waals surface area contributed by atoms with E-state index < -0.39 is 0 Å². The Morgan fingerprint density at radius 1 is 0.614 bits per heavy atom. The van der Waals surface area contributed by atoms with Gasteiger partial charge in [-0.25, -0.2) is 0 Å². The van der Waals surface area contributed by atoms with Crippen molar-refractivity contribution in [2.45, 2.75) is 25.7 Å². The molecule has 0 saturated carbocycles. The number of benzene rings is 6. The average Bonchev–Trinajstić information content (AvgIpc) is 3.85. The van der Waals surface area contributed by atoms with Crippen molar-refractivity contribution in [3.05, 3.63) is 224 Å². The Balaban J connectivity index is 1.20. The van der Waals surface area contributed by atoms with Gasteiger partial charge in [-0.2, -0.15) is 0 Å². The molecule has 6 aromatic carbocycles. The summed E-state index contributed by atoms with van der Waals surface area (Å²) in [5.74, 6) is 0. The van der Waals surface area contributed by atoms with Crippen LogP contribution < -0.4 is 4.90 Å². The normalized spacial score (nSPS) is 15.4. The first-order chi connectivity index (χ1) is 28.0. The number of nitrogens with zero attached hydrogens (tertiary/aromatic N) is 4. The van der Waals surface area contributed by atoms with Crippen LogP contribution in [0.3, 0.4) is 0 Å². The molecule has 4 nitrogen and oxygen atoms in total. The zero-order valence-electron chi connectivity index (χ0n) is 32.2. The molecule has 9 aromatic rings. The smallest absolute Gasteiger partial charge is 0.0635 e. The highest BCUT2D eigenvalue weighted by Gasteiger charge is 2.28. The maximum atomic E-state index is 4.72. The van der Waals surface area contributed by atoms with Crippen LogP contribution in [0, 0.1) is 0 Å². The van der Waals surface area contributed by atoms with Gasteiger partial charge in [-0.3, -0.25) is 4.98 Å². The van der Waals surface area contributed by atoms with E-state index in [9.17, 15) is 0 Å². The second-order valence-corrected chi connectivity index (χ2v) is 15.4. The molecular weight excluding hydrogens is 693 g/mol. The quantitative estimate of drug-likeness (QED) is 0.170. The van der Waals surface area contributed by atoms with Crippen molar-refractivity contribution in [1.29, 1.82) is 0 Å². The molecule has 57 heavy (non-hydrogen) atoms. The van der Waals surface area contributed by atoms with Crippen LogP contribution in [-0.2, 0) is 11.8 Å². The van der Waals surface area contributed by atoms with Crippen LogP contribution in [0.5, 0.6) is 0 Å². The molecular formula is C53H42N4. The molecule has 0 atom stereocenters. The summed E-state index contributed by atoms with van der Waals surface area (Å²) in [6.07, 6.45) is 13.6. The van der Waals surface area contributed by atoms with Crippen LogP contribution in [-0.4, -0.2) is 14.1 Å². The molecule has 3 heterocycles. The van der Waals surface area contributed by atoms with Crippen LogP contribution in [0.4, 0.5) is 11.4 Å². The first-order valence-electron chi connectivity index (χ1n) is 19.6. The first-order valence-corrected chi connectivity index (χ1v) is 19.6. The number of pyridine rings is 1. The monoisotopic (exact) mass is 734 g/mol. The van der Waals surface area contributed by atoms with Crippen molar-refractivity contribution in [3.63, 3.8) is 0 Å². The summed E-state index contributed by atoms with van der Waals surface area (Å²) in [5.41, 5.74) is 14.7. The largest absolute Gasteiger partial charge is 0.316 e. The summed E-state index contributed by atoms with van der Waals surface area (Å²) in [5, 5.41) is 3.61. The van der Waals surface area contributed by atoms with E-state index in [0.717, 1.165) is 57.1 Å². The number of para-hydroxylation sites is 2. The minimum atomic E-state index is -0.265. The zero-order chi connectivity index (χ0) is 38.5. The Hall–Kier alpha value is -7.17. The molecule has 1 aliphatic rings. The van der Waals surface area contributed by atoms with Gasteiger partial charge in [0.15, 0.2) is 0 Å². The zero-order valence-corrected chi connectivity index (χ0v) is 32.2. The Labute approximate surface area is 333 Å². The van der Waals surface area contributed by atoms with Gasteiger partial charge in [-0.15, -0.1) is 0 Å². The van der Waals surface area contributed by atoms with Crippen molar-refractivity contribution >= 4 is 44.1 Å². The van der Waals surface area contributed by atoms with Gasteiger partial charge in [-0.1, -0.05) is 105 Å². The summed E-state index contributed by atoms with van der Waals surface area (Å²) in [6.45, 7) is 9.29. The molecule has 274 valence electrons. The Morgan fingerprint density at radius 3 is 2.05 bits per heavy atom. The molecule has 0 aliphatic heterocycles. The van der Waals surface area contributed by atoms with E-state index in [-0.39, 0.29) is 5.41 Å². The van der Waals surface area contributed by atoms with Crippen molar-refractivity contribution in [2.24, 2.45) is 0 Å². The lowest BCUT2D eigenvalue weighted by Gasteiger charge is -2.31. The Bertz CT molecular complexity index is 3000. The van der Waals surface area contributed by atoms with Gasteiger partial charge in [-0.05, 0) is 125 Å². The Morgan fingerprint density at radius 2 is 1.28 bits per heavy atom. The lowest BCUT2D eigenvalue weighted by molar-refractivity contribution is 0.634. The standard InChI is InChI=1S/C53H42N4/c1-37-35-44(19-12-14-40-13-10-11-20-49(40)53(37,2)3)56(43-23-21-38(22-24-43)39-29-32-54-33-30-39)45-25-27-51-48(36-45)46-26-28-50-47(31-34-55(50)41-15-6-4-7-16-41)52(46)57(51)42-17-8-5-9-18-42/h4-13,15-36H,1,14H2,2-3H3/b19-12-,44-35+. The van der Waals surface area contributed by atoms with Crippen LogP contribution >= 0.6 is 0 Å². The van der Waals surface area contributed by atoms with Gasteiger partial charge in [0.25, 0.3) is 0 Å². The molecule has 1 aliphatic carbocycles. The van der Waals surface area contributed by atoms with E-state index in [1.807, 2.05) is 12.4 Å². The fraction of sp³-hybridized carbons (Fsp3) is 0.0755. The first kappa shape index (κ1) is 34.3.